The molecular formula is C14H11N5O5S3. The van der Waals surface area contributed by atoms with Crippen LogP contribution in [0.25, 0.3) is 0 Å². The molecule has 3 rings (SSSR count). The van der Waals surface area contributed by atoms with Crippen LogP contribution >= 0.6 is 34.0 Å². The van der Waals surface area contributed by atoms with Gasteiger partial charge in [0.05, 0.1) is 6.61 Å². The van der Waals surface area contributed by atoms with E-state index in [4.69, 9.17) is 15.2 Å². The molecule has 3 aromatic rings. The quantitative estimate of drug-likeness (QED) is 0.568. The lowest BCUT2D eigenvalue weighted by atomic mass is 10.5. The average Bonchev–Trinajstić information content (AvgIpc) is 3.36. The Hall–Kier alpha value is -2.90. The standard InChI is InChI=1S/C14H11N5O5S3/c1-2-23-10(21)7-5-27-14(18-7)24-11(22)8-4-26-13(17-8)19-9(20)6-3-25-12(15)16-6/h3-5H,2H2,1H3,(H2,15,16)(H,17,19,20). The van der Waals surface area contributed by atoms with Gasteiger partial charge in [-0.1, -0.05) is 11.3 Å². The molecule has 1 amide bonds. The third kappa shape index (κ3) is 4.64. The van der Waals surface area contributed by atoms with Crippen LogP contribution in [0, 0.1) is 0 Å². The second kappa shape index (κ2) is 8.20. The number of carbonyl (C=O) groups is 3. The first-order valence-electron chi connectivity index (χ1n) is 7.29. The van der Waals surface area contributed by atoms with E-state index >= 15 is 0 Å². The van der Waals surface area contributed by atoms with Crippen LogP contribution in [0.4, 0.5) is 10.3 Å². The van der Waals surface area contributed by atoms with E-state index in [0.29, 0.717) is 0 Å². The third-order valence-corrected chi connectivity index (χ3v) is 4.99. The topological polar surface area (TPSA) is 146 Å². The van der Waals surface area contributed by atoms with Crippen LogP contribution in [0.1, 0.15) is 38.4 Å². The normalized spacial score (nSPS) is 10.4. The molecule has 27 heavy (non-hydrogen) atoms. The Balaban J connectivity index is 1.61. The number of nitrogens with two attached hydrogens (primary N) is 1. The van der Waals surface area contributed by atoms with E-state index in [2.05, 4.69) is 20.3 Å². The van der Waals surface area contributed by atoms with E-state index in [-0.39, 0.29) is 39.1 Å². The van der Waals surface area contributed by atoms with Crippen molar-refractivity contribution >= 4 is 62.1 Å². The van der Waals surface area contributed by atoms with Gasteiger partial charge in [0.15, 0.2) is 21.7 Å². The summed E-state index contributed by atoms with van der Waals surface area (Å²) in [6.45, 7) is 1.89. The molecule has 0 fully saturated rings. The van der Waals surface area contributed by atoms with Gasteiger partial charge in [0.2, 0.25) is 0 Å². The lowest BCUT2D eigenvalue weighted by Gasteiger charge is -1.98. The van der Waals surface area contributed by atoms with E-state index in [1.54, 1.807) is 6.92 Å². The molecule has 0 spiro atoms. The second-order valence-corrected chi connectivity index (χ2v) is 7.24. The van der Waals surface area contributed by atoms with Gasteiger partial charge in [0.25, 0.3) is 11.1 Å². The molecule has 13 heteroatoms. The summed E-state index contributed by atoms with van der Waals surface area (Å²) in [6, 6.07) is 0. The van der Waals surface area contributed by atoms with Crippen LogP contribution in [0.3, 0.4) is 0 Å². The number of ether oxygens (including phenoxy) is 2. The molecule has 0 unspecified atom stereocenters. The first-order valence-corrected chi connectivity index (χ1v) is 9.93. The number of nitrogen functional groups attached to an aromatic ring is 1. The molecular weight excluding hydrogens is 414 g/mol. The largest absolute Gasteiger partial charge is 0.461 e. The van der Waals surface area contributed by atoms with Crippen LogP contribution in [0.2, 0.25) is 0 Å². The minimum absolute atomic E-state index is 0.0130. The number of amides is 1. The molecule has 0 saturated carbocycles. The fourth-order valence-corrected chi connectivity index (χ4v) is 3.57. The van der Waals surface area contributed by atoms with Gasteiger partial charge in [0, 0.05) is 16.1 Å². The van der Waals surface area contributed by atoms with Crippen molar-refractivity contribution in [1.82, 2.24) is 15.0 Å². The van der Waals surface area contributed by atoms with Crippen LogP contribution in [0.15, 0.2) is 16.1 Å². The summed E-state index contributed by atoms with van der Waals surface area (Å²) >= 11 is 3.16. The lowest BCUT2D eigenvalue weighted by Crippen LogP contribution is -2.13. The summed E-state index contributed by atoms with van der Waals surface area (Å²) in [5, 5.41) is 7.33. The van der Waals surface area contributed by atoms with Gasteiger partial charge in [0.1, 0.15) is 5.69 Å². The molecule has 3 aromatic heterocycles. The van der Waals surface area contributed by atoms with E-state index in [0.717, 1.165) is 34.0 Å². The summed E-state index contributed by atoms with van der Waals surface area (Å²) in [6.07, 6.45) is 0. The number of rotatable bonds is 6. The van der Waals surface area contributed by atoms with Gasteiger partial charge in [-0.05, 0) is 6.92 Å². The van der Waals surface area contributed by atoms with E-state index in [1.807, 2.05) is 0 Å². The number of thiazole rings is 3. The molecule has 3 heterocycles. The molecule has 140 valence electrons. The monoisotopic (exact) mass is 425 g/mol. The van der Waals surface area contributed by atoms with Crippen molar-refractivity contribution in [3.8, 4) is 5.19 Å². The summed E-state index contributed by atoms with van der Waals surface area (Å²) in [5.41, 5.74) is 5.68. The van der Waals surface area contributed by atoms with Crippen molar-refractivity contribution in [3.63, 3.8) is 0 Å². The van der Waals surface area contributed by atoms with Crippen LogP contribution in [-0.2, 0) is 4.74 Å². The highest BCUT2D eigenvalue weighted by Crippen LogP contribution is 2.22. The van der Waals surface area contributed by atoms with Crippen LogP contribution in [-0.4, -0.2) is 39.4 Å². The summed E-state index contributed by atoms with van der Waals surface area (Å²) in [4.78, 5) is 47.4. The number of nitrogens with zero attached hydrogens (tertiary/aromatic N) is 3. The molecule has 3 N–H and O–H groups in total. The number of aromatic nitrogens is 3. The Bertz CT molecular complexity index is 995. The van der Waals surface area contributed by atoms with Gasteiger partial charge in [-0.15, -0.1) is 22.7 Å². The zero-order valence-electron chi connectivity index (χ0n) is 13.6. The first-order chi connectivity index (χ1) is 13.0. The Morgan fingerprint density at radius 1 is 1.00 bits per heavy atom. The van der Waals surface area contributed by atoms with Gasteiger partial charge in [-0.2, -0.15) is 4.98 Å². The third-order valence-electron chi connectivity index (χ3n) is 2.84. The molecule has 0 aliphatic carbocycles. The van der Waals surface area contributed by atoms with Crippen LogP contribution in [0.5, 0.6) is 5.19 Å². The van der Waals surface area contributed by atoms with Gasteiger partial charge in [-0.3, -0.25) is 10.1 Å². The Kier molecular flexibility index (Phi) is 5.73. The van der Waals surface area contributed by atoms with E-state index in [1.165, 1.54) is 16.1 Å². The lowest BCUT2D eigenvalue weighted by molar-refractivity contribution is 0.0517. The fraction of sp³-hybridized carbons (Fsp3) is 0.143. The van der Waals surface area contributed by atoms with Crippen molar-refractivity contribution in [2.24, 2.45) is 0 Å². The van der Waals surface area contributed by atoms with Crippen molar-refractivity contribution in [2.75, 3.05) is 17.7 Å². The van der Waals surface area contributed by atoms with Crippen LogP contribution < -0.4 is 15.8 Å². The Morgan fingerprint density at radius 3 is 2.41 bits per heavy atom. The van der Waals surface area contributed by atoms with Gasteiger partial charge < -0.3 is 15.2 Å². The molecule has 0 radical (unpaired) electrons. The molecule has 0 atom stereocenters. The number of anilines is 2. The number of hydrogen-bond acceptors (Lipinski definition) is 12. The van der Waals surface area contributed by atoms with E-state index < -0.39 is 17.8 Å². The number of hydrogen-bond donors (Lipinski definition) is 2. The number of nitrogens with one attached hydrogen (secondary N) is 1. The molecule has 10 nitrogen and oxygen atoms in total. The maximum absolute atomic E-state index is 12.1. The minimum atomic E-state index is -0.769. The average molecular weight is 425 g/mol. The maximum Gasteiger partial charge on any atom is 0.365 e. The first kappa shape index (κ1) is 18.9. The van der Waals surface area contributed by atoms with Crippen molar-refractivity contribution in [2.45, 2.75) is 6.92 Å². The van der Waals surface area contributed by atoms with Crippen molar-refractivity contribution < 1.29 is 23.9 Å². The maximum atomic E-state index is 12.1. The molecule has 0 aromatic carbocycles. The predicted molar refractivity (Wildman–Crippen MR) is 99.6 cm³/mol. The highest BCUT2D eigenvalue weighted by molar-refractivity contribution is 7.14. The Morgan fingerprint density at radius 2 is 1.70 bits per heavy atom. The Labute approximate surface area is 164 Å². The van der Waals surface area contributed by atoms with Gasteiger partial charge >= 0.3 is 11.9 Å². The SMILES string of the molecule is CCOC(=O)c1csc(OC(=O)c2csc(NC(=O)c3csc(N)n3)n2)n1. The highest BCUT2D eigenvalue weighted by atomic mass is 32.1. The highest BCUT2D eigenvalue weighted by Gasteiger charge is 2.19. The zero-order chi connectivity index (χ0) is 19.4. The minimum Gasteiger partial charge on any atom is -0.461 e. The summed E-state index contributed by atoms with van der Waals surface area (Å²) < 4.78 is 9.89. The molecule has 0 bridgehead atoms. The zero-order valence-corrected chi connectivity index (χ0v) is 16.1. The second-order valence-electron chi connectivity index (χ2n) is 4.67. The van der Waals surface area contributed by atoms with Crippen molar-refractivity contribution in [3.05, 3.63) is 33.2 Å². The smallest absolute Gasteiger partial charge is 0.365 e. The molecule has 0 aliphatic rings. The van der Waals surface area contributed by atoms with Gasteiger partial charge in [-0.25, -0.2) is 19.6 Å². The number of carbonyl (C=O) groups excluding carboxylic acids is 3. The fourth-order valence-electron chi connectivity index (χ4n) is 1.71. The van der Waals surface area contributed by atoms with Crippen molar-refractivity contribution in [1.29, 1.82) is 0 Å². The summed E-state index contributed by atoms with van der Waals surface area (Å²) in [5.74, 6) is -1.86. The number of esters is 2. The molecule has 0 saturated heterocycles. The summed E-state index contributed by atoms with van der Waals surface area (Å²) in [7, 11) is 0. The predicted octanol–water partition coefficient (Wildman–Crippen LogP) is 2.29. The van der Waals surface area contributed by atoms with E-state index in [9.17, 15) is 14.4 Å². The molecule has 0 aliphatic heterocycles.